The van der Waals surface area contributed by atoms with Gasteiger partial charge in [-0.1, -0.05) is 18.2 Å². The lowest BCUT2D eigenvalue weighted by atomic mass is 10.2. The fourth-order valence-electron chi connectivity index (χ4n) is 2.83. The molecule has 3 rings (SSSR count). The second kappa shape index (κ2) is 5.94. The quantitative estimate of drug-likeness (QED) is 0.901. The number of piperazine rings is 1. The van der Waals surface area contributed by atoms with E-state index in [1.807, 2.05) is 30.3 Å². The van der Waals surface area contributed by atoms with Crippen molar-refractivity contribution in [3.05, 3.63) is 35.9 Å². The summed E-state index contributed by atoms with van der Waals surface area (Å²) in [5, 5.41) is 3.25. The van der Waals surface area contributed by atoms with Gasteiger partial charge in [0.05, 0.1) is 6.17 Å². The number of carbonyl (C=O) groups is 1. The van der Waals surface area contributed by atoms with Crippen LogP contribution in [0.15, 0.2) is 30.3 Å². The Labute approximate surface area is 120 Å². The van der Waals surface area contributed by atoms with E-state index in [9.17, 15) is 4.79 Å². The van der Waals surface area contributed by atoms with Crippen molar-refractivity contribution in [2.75, 3.05) is 33.2 Å². The van der Waals surface area contributed by atoms with Gasteiger partial charge in [0.15, 0.2) is 0 Å². The molecule has 1 aromatic carbocycles. The number of likely N-dealkylation sites (N-methyl/N-ethyl adjacent to an activating group) is 1. The molecule has 1 unspecified atom stereocenters. The average molecular weight is 273 g/mol. The zero-order chi connectivity index (χ0) is 13.9. The van der Waals surface area contributed by atoms with E-state index in [0.717, 1.165) is 31.7 Å². The minimum atomic E-state index is 0.0569. The Balaban J connectivity index is 1.64. The highest BCUT2D eigenvalue weighted by atomic mass is 16.1. The summed E-state index contributed by atoms with van der Waals surface area (Å²) in [5.41, 5.74) is 0.757. The van der Waals surface area contributed by atoms with Gasteiger partial charge in [0.1, 0.15) is 0 Å². The highest BCUT2D eigenvalue weighted by molar-refractivity contribution is 5.94. The molecule has 0 radical (unpaired) electrons. The van der Waals surface area contributed by atoms with E-state index in [2.05, 4.69) is 22.2 Å². The summed E-state index contributed by atoms with van der Waals surface area (Å²) in [7, 11) is 2.16. The topological polar surface area (TPSA) is 35.6 Å². The molecule has 20 heavy (non-hydrogen) atoms. The van der Waals surface area contributed by atoms with Crippen LogP contribution in [0.25, 0.3) is 0 Å². The molecule has 1 saturated carbocycles. The van der Waals surface area contributed by atoms with Gasteiger partial charge in [-0.3, -0.25) is 9.69 Å². The highest BCUT2D eigenvalue weighted by Gasteiger charge is 2.37. The van der Waals surface area contributed by atoms with Crippen LogP contribution in [0.4, 0.5) is 0 Å². The largest absolute Gasteiger partial charge is 0.336 e. The number of carbonyl (C=O) groups excluding carboxylic acids is 1. The number of rotatable bonds is 4. The van der Waals surface area contributed by atoms with Crippen LogP contribution in [0.1, 0.15) is 23.2 Å². The average Bonchev–Trinajstić information content (AvgIpc) is 3.31. The van der Waals surface area contributed by atoms with Crippen molar-refractivity contribution in [1.82, 2.24) is 15.1 Å². The molecule has 1 atom stereocenters. The van der Waals surface area contributed by atoms with Gasteiger partial charge < -0.3 is 10.2 Å². The molecule has 2 fully saturated rings. The molecule has 1 N–H and O–H groups in total. The van der Waals surface area contributed by atoms with Crippen LogP contribution in [0.5, 0.6) is 0 Å². The molecule has 2 aliphatic rings. The van der Waals surface area contributed by atoms with E-state index in [1.54, 1.807) is 0 Å². The highest BCUT2D eigenvalue weighted by Crippen LogP contribution is 2.34. The molecule has 1 heterocycles. The molecule has 1 saturated heterocycles. The van der Waals surface area contributed by atoms with E-state index in [-0.39, 0.29) is 12.1 Å². The van der Waals surface area contributed by atoms with Crippen LogP contribution in [0, 0.1) is 5.92 Å². The predicted octanol–water partition coefficient (Wildman–Crippen LogP) is 1.40. The van der Waals surface area contributed by atoms with Crippen molar-refractivity contribution in [2.24, 2.45) is 5.92 Å². The van der Waals surface area contributed by atoms with E-state index < -0.39 is 0 Å². The third kappa shape index (κ3) is 3.19. The van der Waals surface area contributed by atoms with Gasteiger partial charge in [-0.2, -0.15) is 0 Å². The molecule has 0 aromatic heterocycles. The fourth-order valence-corrected chi connectivity index (χ4v) is 2.83. The summed E-state index contributed by atoms with van der Waals surface area (Å²) in [4.78, 5) is 17.1. The zero-order valence-electron chi connectivity index (χ0n) is 12.1. The molecule has 0 bridgehead atoms. The Kier molecular flexibility index (Phi) is 4.03. The molecule has 1 aliphatic carbocycles. The molecule has 0 spiro atoms. The summed E-state index contributed by atoms with van der Waals surface area (Å²) in [6.45, 7) is 4.27. The molecule has 4 heteroatoms. The number of benzene rings is 1. The van der Waals surface area contributed by atoms with Crippen molar-refractivity contribution < 1.29 is 4.79 Å². The Bertz CT molecular complexity index is 450. The first-order valence-corrected chi connectivity index (χ1v) is 7.52. The number of hydrogen-bond acceptors (Lipinski definition) is 3. The van der Waals surface area contributed by atoms with Crippen molar-refractivity contribution in [3.8, 4) is 0 Å². The number of hydrogen-bond donors (Lipinski definition) is 1. The smallest absolute Gasteiger partial charge is 0.252 e. The SMILES string of the molecule is CN1CCN(C(NC(=O)c2ccccc2)C2CC2)CC1. The first-order valence-electron chi connectivity index (χ1n) is 7.52. The van der Waals surface area contributed by atoms with E-state index >= 15 is 0 Å². The van der Waals surface area contributed by atoms with Gasteiger partial charge in [0.2, 0.25) is 0 Å². The molecular formula is C16H23N3O. The Morgan fingerprint density at radius 3 is 2.40 bits per heavy atom. The number of nitrogens with zero attached hydrogens (tertiary/aromatic N) is 2. The maximum Gasteiger partial charge on any atom is 0.252 e. The van der Waals surface area contributed by atoms with Crippen LogP contribution in [0.3, 0.4) is 0 Å². The van der Waals surface area contributed by atoms with Crippen LogP contribution >= 0.6 is 0 Å². The maximum atomic E-state index is 12.3. The fraction of sp³-hybridized carbons (Fsp3) is 0.562. The van der Waals surface area contributed by atoms with E-state index in [1.165, 1.54) is 12.8 Å². The normalized spacial score (nSPS) is 22.4. The summed E-state index contributed by atoms with van der Waals surface area (Å²) in [6.07, 6.45) is 2.70. The molecule has 1 aliphatic heterocycles. The lowest BCUT2D eigenvalue weighted by Gasteiger charge is -2.38. The second-order valence-corrected chi connectivity index (χ2v) is 5.96. The second-order valence-electron chi connectivity index (χ2n) is 5.96. The van der Waals surface area contributed by atoms with Gasteiger partial charge in [0, 0.05) is 31.7 Å². The van der Waals surface area contributed by atoms with Gasteiger partial charge in [0.25, 0.3) is 5.91 Å². The molecular weight excluding hydrogens is 250 g/mol. The van der Waals surface area contributed by atoms with Gasteiger partial charge in [-0.05, 0) is 37.9 Å². The van der Waals surface area contributed by atoms with E-state index in [0.29, 0.717) is 5.92 Å². The molecule has 4 nitrogen and oxygen atoms in total. The van der Waals surface area contributed by atoms with Crippen LogP contribution in [-0.2, 0) is 0 Å². The third-order valence-corrected chi connectivity index (χ3v) is 4.31. The summed E-state index contributed by atoms with van der Waals surface area (Å²) < 4.78 is 0. The molecule has 1 amide bonds. The number of amides is 1. The Hall–Kier alpha value is -1.39. The lowest BCUT2D eigenvalue weighted by molar-refractivity contribution is 0.0660. The van der Waals surface area contributed by atoms with Crippen molar-refractivity contribution in [3.63, 3.8) is 0 Å². The van der Waals surface area contributed by atoms with Crippen LogP contribution in [-0.4, -0.2) is 55.1 Å². The minimum Gasteiger partial charge on any atom is -0.336 e. The first kappa shape index (κ1) is 13.6. The van der Waals surface area contributed by atoms with Gasteiger partial charge in [-0.25, -0.2) is 0 Å². The lowest BCUT2D eigenvalue weighted by Crippen LogP contribution is -2.56. The first-order chi connectivity index (χ1) is 9.74. The Morgan fingerprint density at radius 1 is 1.15 bits per heavy atom. The monoisotopic (exact) mass is 273 g/mol. The maximum absolute atomic E-state index is 12.3. The summed E-state index contributed by atoms with van der Waals surface area (Å²) in [5.74, 6) is 0.701. The standard InChI is InChI=1S/C16H23N3O/c1-18-9-11-19(12-10-18)15(13-7-8-13)17-16(20)14-5-3-2-4-6-14/h2-6,13,15H,7-12H2,1H3,(H,17,20). The summed E-state index contributed by atoms with van der Waals surface area (Å²) in [6, 6.07) is 9.52. The van der Waals surface area contributed by atoms with Crippen LogP contribution < -0.4 is 5.32 Å². The number of nitrogens with one attached hydrogen (secondary N) is 1. The minimum absolute atomic E-state index is 0.0569. The summed E-state index contributed by atoms with van der Waals surface area (Å²) >= 11 is 0. The van der Waals surface area contributed by atoms with E-state index in [4.69, 9.17) is 0 Å². The van der Waals surface area contributed by atoms with Gasteiger partial charge >= 0.3 is 0 Å². The van der Waals surface area contributed by atoms with Crippen LogP contribution in [0.2, 0.25) is 0 Å². The third-order valence-electron chi connectivity index (χ3n) is 4.31. The predicted molar refractivity (Wildman–Crippen MR) is 79.5 cm³/mol. The van der Waals surface area contributed by atoms with Crippen molar-refractivity contribution >= 4 is 5.91 Å². The Morgan fingerprint density at radius 2 is 1.80 bits per heavy atom. The van der Waals surface area contributed by atoms with Crippen molar-refractivity contribution in [1.29, 1.82) is 0 Å². The molecule has 1 aromatic rings. The zero-order valence-corrected chi connectivity index (χ0v) is 12.1. The molecule has 108 valence electrons. The van der Waals surface area contributed by atoms with Crippen molar-refractivity contribution in [2.45, 2.75) is 19.0 Å². The van der Waals surface area contributed by atoms with Gasteiger partial charge in [-0.15, -0.1) is 0 Å².